The van der Waals surface area contributed by atoms with Crippen LogP contribution in [0.15, 0.2) is 48.5 Å². The van der Waals surface area contributed by atoms with Crippen molar-refractivity contribution in [2.75, 3.05) is 0 Å². The van der Waals surface area contributed by atoms with E-state index in [-0.39, 0.29) is 5.97 Å². The van der Waals surface area contributed by atoms with Crippen LogP contribution >= 0.6 is 20.2 Å². The molecule has 4 heteroatoms. The van der Waals surface area contributed by atoms with Gasteiger partial charge >= 0.3 is 124 Å². The number of carbonyl (C=O) groups is 2. The molecular weight excluding hydrogens is 367 g/mol. The van der Waals surface area contributed by atoms with Crippen molar-refractivity contribution in [1.29, 1.82) is 0 Å². The van der Waals surface area contributed by atoms with E-state index < -0.39 is 20.2 Å². The van der Waals surface area contributed by atoms with Crippen molar-refractivity contribution < 1.29 is 12.7 Å². The number of rotatable bonds is 1. The van der Waals surface area contributed by atoms with Crippen LogP contribution in [0.2, 0.25) is 0 Å². The molecule has 0 N–H and O–H groups in total. The fourth-order valence-corrected chi connectivity index (χ4v) is 5.04. The van der Waals surface area contributed by atoms with Gasteiger partial charge in [0.25, 0.3) is 0 Å². The second kappa shape index (κ2) is 5.47. The fourth-order valence-electron chi connectivity index (χ4n) is 1.74. The quantitative estimate of drug-likeness (QED) is 0.436. The molecule has 1 aliphatic rings. The molecule has 98 valence electrons. The van der Waals surface area contributed by atoms with Gasteiger partial charge in [0.1, 0.15) is 0 Å². The van der Waals surface area contributed by atoms with Crippen LogP contribution in [0.25, 0.3) is 0 Å². The zero-order valence-electron chi connectivity index (χ0n) is 10.3. The molecule has 0 atom stereocenters. The van der Waals surface area contributed by atoms with E-state index in [2.05, 4.69) is 9.85 Å². The number of hydrogen-bond donors (Lipinski definition) is 0. The molecule has 0 radical (unpaired) electrons. The van der Waals surface area contributed by atoms with Crippen LogP contribution in [-0.2, 0) is 3.07 Å². The molecule has 0 fully saturated rings. The van der Waals surface area contributed by atoms with Gasteiger partial charge in [0.05, 0.1) is 0 Å². The Hall–Kier alpha value is -2.13. The second-order valence-electron chi connectivity index (χ2n) is 4.05. The van der Waals surface area contributed by atoms with Crippen LogP contribution in [0.5, 0.6) is 0 Å². The molecule has 2 aromatic carbocycles. The van der Waals surface area contributed by atoms with Crippen molar-refractivity contribution in [3.63, 3.8) is 0 Å². The molecule has 0 unspecified atom stereocenters. The molecule has 1 aliphatic heterocycles. The van der Waals surface area contributed by atoms with Crippen molar-refractivity contribution in [2.24, 2.45) is 0 Å². The summed E-state index contributed by atoms with van der Waals surface area (Å²) in [5.74, 6) is 2.76. The zero-order chi connectivity index (χ0) is 13.9. The van der Waals surface area contributed by atoms with Crippen molar-refractivity contribution in [3.8, 4) is 9.85 Å². The van der Waals surface area contributed by atoms with Gasteiger partial charge in [-0.05, 0) is 0 Å². The SMILES string of the molecule is O=Cc1ccc(C#CI2OC(=O)c3ccccc32)cc1. The summed E-state index contributed by atoms with van der Waals surface area (Å²) >= 11 is -2.20. The summed E-state index contributed by atoms with van der Waals surface area (Å²) < 4.78 is 9.44. The first-order valence-corrected chi connectivity index (χ1v) is 8.90. The number of carbonyl (C=O) groups excluding carboxylic acids is 2. The number of fused-ring (bicyclic) bond motifs is 1. The number of hydrogen-bond acceptors (Lipinski definition) is 3. The average molecular weight is 376 g/mol. The summed E-state index contributed by atoms with van der Waals surface area (Å²) in [7, 11) is 0. The number of halogens is 1. The molecule has 0 aliphatic carbocycles. The molecule has 0 amide bonds. The van der Waals surface area contributed by atoms with Crippen molar-refractivity contribution in [3.05, 3.63) is 68.8 Å². The molecule has 20 heavy (non-hydrogen) atoms. The predicted octanol–water partition coefficient (Wildman–Crippen LogP) is 3.27. The molecular formula is C16H9IO3. The Balaban J connectivity index is 1.88. The number of benzene rings is 2. The summed E-state index contributed by atoms with van der Waals surface area (Å²) in [6.45, 7) is 0. The van der Waals surface area contributed by atoms with Crippen molar-refractivity contribution in [2.45, 2.75) is 0 Å². The third-order valence-corrected chi connectivity index (χ3v) is 6.35. The molecule has 0 saturated heterocycles. The Kier molecular flexibility index (Phi) is 3.52. The standard InChI is InChI=1S/C16H9IO3/c18-11-13-7-5-12(6-8-13)9-10-17-15-4-2-1-3-14(15)16(19)20-17/h1-8,11H. The minimum absolute atomic E-state index is 0.267. The average Bonchev–Trinajstić information content (AvgIpc) is 2.83. The topological polar surface area (TPSA) is 43.4 Å². The predicted molar refractivity (Wildman–Crippen MR) is 83.3 cm³/mol. The summed E-state index contributed by atoms with van der Waals surface area (Å²) in [5, 5.41) is 0. The normalized spacial score (nSPS) is 14.0. The maximum atomic E-state index is 11.7. The van der Waals surface area contributed by atoms with Crippen LogP contribution in [0.1, 0.15) is 26.3 Å². The van der Waals surface area contributed by atoms with Gasteiger partial charge in [-0.1, -0.05) is 0 Å². The molecule has 0 saturated carbocycles. The van der Waals surface area contributed by atoms with E-state index in [9.17, 15) is 9.59 Å². The van der Waals surface area contributed by atoms with E-state index in [1.165, 1.54) is 0 Å². The first-order valence-electron chi connectivity index (χ1n) is 5.86. The Morgan fingerprint density at radius 2 is 1.80 bits per heavy atom. The molecule has 3 nitrogen and oxygen atoms in total. The number of aldehydes is 1. The first kappa shape index (κ1) is 12.9. The Morgan fingerprint density at radius 3 is 2.55 bits per heavy atom. The van der Waals surface area contributed by atoms with Gasteiger partial charge in [-0.2, -0.15) is 0 Å². The van der Waals surface area contributed by atoms with Gasteiger partial charge in [0.2, 0.25) is 0 Å². The summed E-state index contributed by atoms with van der Waals surface area (Å²) in [6.07, 6.45) is 0.794. The Bertz CT molecular complexity index is 738. The van der Waals surface area contributed by atoms with E-state index in [1.54, 1.807) is 30.3 Å². The van der Waals surface area contributed by atoms with Gasteiger partial charge in [0, 0.05) is 0 Å². The Labute approximate surface area is 123 Å². The minimum atomic E-state index is -2.20. The summed E-state index contributed by atoms with van der Waals surface area (Å²) in [6, 6.07) is 14.4. The van der Waals surface area contributed by atoms with Gasteiger partial charge in [-0.3, -0.25) is 0 Å². The summed E-state index contributed by atoms with van der Waals surface area (Å²) in [4.78, 5) is 22.3. The van der Waals surface area contributed by atoms with Gasteiger partial charge < -0.3 is 0 Å². The van der Waals surface area contributed by atoms with Crippen molar-refractivity contribution in [1.82, 2.24) is 0 Å². The van der Waals surface area contributed by atoms with Gasteiger partial charge in [-0.15, -0.1) is 0 Å². The van der Waals surface area contributed by atoms with E-state index in [1.807, 2.05) is 18.2 Å². The Morgan fingerprint density at radius 1 is 1.05 bits per heavy atom. The van der Waals surface area contributed by atoms with Crippen LogP contribution in [0, 0.1) is 13.4 Å². The van der Waals surface area contributed by atoms with E-state index in [0.29, 0.717) is 11.1 Å². The van der Waals surface area contributed by atoms with Crippen LogP contribution in [0.4, 0.5) is 0 Å². The third kappa shape index (κ3) is 2.45. The third-order valence-electron chi connectivity index (χ3n) is 2.75. The fraction of sp³-hybridized carbons (Fsp3) is 0. The molecule has 0 aromatic heterocycles. The monoisotopic (exact) mass is 376 g/mol. The van der Waals surface area contributed by atoms with Crippen LogP contribution in [0.3, 0.4) is 0 Å². The van der Waals surface area contributed by atoms with E-state index >= 15 is 0 Å². The molecule has 3 rings (SSSR count). The zero-order valence-corrected chi connectivity index (χ0v) is 12.5. The van der Waals surface area contributed by atoms with Crippen molar-refractivity contribution >= 4 is 32.5 Å². The van der Waals surface area contributed by atoms with Gasteiger partial charge in [0.15, 0.2) is 0 Å². The second-order valence-corrected chi connectivity index (χ2v) is 7.61. The summed E-state index contributed by atoms with van der Waals surface area (Å²) in [5.41, 5.74) is 2.07. The van der Waals surface area contributed by atoms with Crippen LogP contribution < -0.4 is 0 Å². The van der Waals surface area contributed by atoms with E-state index in [4.69, 9.17) is 3.07 Å². The molecule has 1 heterocycles. The molecule has 0 spiro atoms. The molecule has 2 aromatic rings. The van der Waals surface area contributed by atoms with Crippen LogP contribution in [-0.4, -0.2) is 12.3 Å². The molecule has 0 bridgehead atoms. The van der Waals surface area contributed by atoms with E-state index in [0.717, 1.165) is 15.4 Å². The van der Waals surface area contributed by atoms with Gasteiger partial charge in [-0.25, -0.2) is 0 Å². The maximum absolute atomic E-state index is 11.7. The first-order chi connectivity index (χ1) is 9.78.